The largest absolute Gasteiger partial charge is 0.349 e. The summed E-state index contributed by atoms with van der Waals surface area (Å²) in [6.07, 6.45) is 4.50. The van der Waals surface area contributed by atoms with Crippen molar-refractivity contribution < 1.29 is 4.79 Å². The van der Waals surface area contributed by atoms with E-state index in [9.17, 15) is 4.79 Å². The molecule has 0 bridgehead atoms. The zero-order chi connectivity index (χ0) is 11.7. The Bertz CT molecular complexity index is 438. The van der Waals surface area contributed by atoms with E-state index in [1.165, 1.54) is 17.5 Å². The van der Waals surface area contributed by atoms with Crippen molar-refractivity contribution in [2.75, 3.05) is 6.54 Å². The van der Waals surface area contributed by atoms with E-state index in [1.54, 1.807) is 0 Å². The molecule has 90 valence electrons. The molecular weight excluding hydrogens is 212 g/mol. The average molecular weight is 230 g/mol. The van der Waals surface area contributed by atoms with Crippen LogP contribution in [0.15, 0.2) is 18.2 Å². The summed E-state index contributed by atoms with van der Waals surface area (Å²) in [6.45, 7) is 1.86. The summed E-state index contributed by atoms with van der Waals surface area (Å²) < 4.78 is 0. The lowest BCUT2D eigenvalue weighted by Crippen LogP contribution is -2.40. The zero-order valence-electron chi connectivity index (χ0n) is 9.96. The molecule has 17 heavy (non-hydrogen) atoms. The molecule has 3 heteroatoms. The van der Waals surface area contributed by atoms with Gasteiger partial charge in [-0.2, -0.15) is 0 Å². The van der Waals surface area contributed by atoms with Crippen LogP contribution in [-0.2, 0) is 13.0 Å². The first-order chi connectivity index (χ1) is 8.34. The van der Waals surface area contributed by atoms with Gasteiger partial charge >= 0.3 is 0 Å². The maximum Gasteiger partial charge on any atom is 0.251 e. The number of amides is 1. The first-order valence-corrected chi connectivity index (χ1v) is 6.47. The van der Waals surface area contributed by atoms with Gasteiger partial charge in [-0.25, -0.2) is 0 Å². The third-order valence-electron chi connectivity index (χ3n) is 3.83. The third-order valence-corrected chi connectivity index (χ3v) is 3.83. The van der Waals surface area contributed by atoms with Crippen LogP contribution in [0.25, 0.3) is 0 Å². The van der Waals surface area contributed by atoms with Crippen molar-refractivity contribution in [2.45, 2.75) is 38.3 Å². The molecule has 3 rings (SSSR count). The molecule has 0 spiro atoms. The van der Waals surface area contributed by atoms with Crippen molar-refractivity contribution in [3.63, 3.8) is 0 Å². The van der Waals surface area contributed by atoms with Crippen molar-refractivity contribution in [1.82, 2.24) is 10.6 Å². The highest BCUT2D eigenvalue weighted by molar-refractivity contribution is 5.96. The number of nitrogens with one attached hydrogen (secondary N) is 2. The molecule has 0 saturated heterocycles. The molecule has 1 aliphatic carbocycles. The van der Waals surface area contributed by atoms with Gasteiger partial charge in [0.25, 0.3) is 5.91 Å². The van der Waals surface area contributed by atoms with Crippen LogP contribution in [0.2, 0.25) is 0 Å². The van der Waals surface area contributed by atoms with Crippen LogP contribution in [0.5, 0.6) is 0 Å². The zero-order valence-corrected chi connectivity index (χ0v) is 9.96. The summed E-state index contributed by atoms with van der Waals surface area (Å²) in [5, 5.41) is 6.46. The first kappa shape index (κ1) is 10.8. The summed E-state index contributed by atoms with van der Waals surface area (Å²) in [4.78, 5) is 12.2. The Labute approximate surface area is 102 Å². The highest BCUT2D eigenvalue weighted by Crippen LogP contribution is 2.21. The normalized spacial score (nSPS) is 19.3. The van der Waals surface area contributed by atoms with Crippen molar-refractivity contribution in [3.8, 4) is 0 Å². The summed E-state index contributed by atoms with van der Waals surface area (Å²) in [5.41, 5.74) is 3.40. The number of hydrogen-bond donors (Lipinski definition) is 2. The Morgan fingerprint density at radius 3 is 3.00 bits per heavy atom. The van der Waals surface area contributed by atoms with Crippen LogP contribution >= 0.6 is 0 Å². The number of carbonyl (C=O) groups is 1. The van der Waals surface area contributed by atoms with Crippen LogP contribution in [0.1, 0.15) is 40.7 Å². The number of benzene rings is 1. The molecule has 0 atom stereocenters. The molecule has 1 fully saturated rings. The number of fused-ring (bicyclic) bond motifs is 1. The van der Waals surface area contributed by atoms with E-state index in [0.717, 1.165) is 37.9 Å². The van der Waals surface area contributed by atoms with E-state index in [0.29, 0.717) is 6.04 Å². The molecule has 1 aromatic rings. The predicted octanol–water partition coefficient (Wildman–Crippen LogP) is 1.61. The molecule has 0 unspecified atom stereocenters. The molecule has 2 aliphatic rings. The monoisotopic (exact) mass is 230 g/mol. The summed E-state index contributed by atoms with van der Waals surface area (Å²) in [7, 11) is 0. The van der Waals surface area contributed by atoms with E-state index in [4.69, 9.17) is 0 Å². The minimum atomic E-state index is 0.119. The van der Waals surface area contributed by atoms with Crippen LogP contribution < -0.4 is 10.6 Å². The molecule has 0 radical (unpaired) electrons. The first-order valence-electron chi connectivity index (χ1n) is 6.47. The van der Waals surface area contributed by atoms with Crippen LogP contribution in [0, 0.1) is 0 Å². The van der Waals surface area contributed by atoms with Crippen LogP contribution in [0.3, 0.4) is 0 Å². The smallest absolute Gasteiger partial charge is 0.251 e. The van der Waals surface area contributed by atoms with Gasteiger partial charge in [0, 0.05) is 18.2 Å². The van der Waals surface area contributed by atoms with Gasteiger partial charge in [0.2, 0.25) is 0 Å². The minimum Gasteiger partial charge on any atom is -0.349 e. The Morgan fingerprint density at radius 1 is 1.35 bits per heavy atom. The predicted molar refractivity (Wildman–Crippen MR) is 67.0 cm³/mol. The molecule has 3 nitrogen and oxygen atoms in total. The lowest BCUT2D eigenvalue weighted by Gasteiger charge is -2.27. The van der Waals surface area contributed by atoms with Crippen molar-refractivity contribution in [2.24, 2.45) is 0 Å². The van der Waals surface area contributed by atoms with Gasteiger partial charge in [0.1, 0.15) is 0 Å². The van der Waals surface area contributed by atoms with Crippen molar-refractivity contribution in [3.05, 3.63) is 34.9 Å². The van der Waals surface area contributed by atoms with Gasteiger partial charge in [-0.15, -0.1) is 0 Å². The fourth-order valence-corrected chi connectivity index (χ4v) is 2.56. The fourth-order valence-electron chi connectivity index (χ4n) is 2.56. The highest BCUT2D eigenvalue weighted by Gasteiger charge is 2.22. The topological polar surface area (TPSA) is 41.1 Å². The second-order valence-electron chi connectivity index (χ2n) is 4.97. The Kier molecular flexibility index (Phi) is 2.85. The standard InChI is InChI=1S/C14H18N2O/c17-14(16-11-4-2-5-11)13-6-1-3-10-9-15-8-7-12(10)13/h1,3,6,11,15H,2,4-5,7-9H2,(H,16,17). The molecule has 1 heterocycles. The maximum atomic E-state index is 12.2. The van der Waals surface area contributed by atoms with Gasteiger partial charge in [0.05, 0.1) is 0 Å². The van der Waals surface area contributed by atoms with Gasteiger partial charge in [-0.05, 0) is 49.4 Å². The van der Waals surface area contributed by atoms with Crippen LogP contribution in [0.4, 0.5) is 0 Å². The van der Waals surface area contributed by atoms with E-state index in [-0.39, 0.29) is 5.91 Å². The average Bonchev–Trinajstić information content (AvgIpc) is 2.33. The van der Waals surface area contributed by atoms with E-state index >= 15 is 0 Å². The summed E-state index contributed by atoms with van der Waals surface area (Å²) in [6, 6.07) is 6.47. The van der Waals surface area contributed by atoms with E-state index in [2.05, 4.69) is 16.7 Å². The minimum absolute atomic E-state index is 0.119. The molecule has 2 N–H and O–H groups in total. The molecule has 1 aliphatic heterocycles. The highest BCUT2D eigenvalue weighted by atomic mass is 16.1. The van der Waals surface area contributed by atoms with E-state index < -0.39 is 0 Å². The Hall–Kier alpha value is -1.35. The SMILES string of the molecule is O=C(NC1CCC1)c1cccc2c1CCNC2. The fraction of sp³-hybridized carbons (Fsp3) is 0.500. The van der Waals surface area contributed by atoms with Crippen LogP contribution in [-0.4, -0.2) is 18.5 Å². The molecule has 1 aromatic carbocycles. The Morgan fingerprint density at radius 2 is 2.24 bits per heavy atom. The molecule has 1 saturated carbocycles. The van der Waals surface area contributed by atoms with Gasteiger partial charge in [0.15, 0.2) is 0 Å². The summed E-state index contributed by atoms with van der Waals surface area (Å²) >= 11 is 0. The number of carbonyl (C=O) groups excluding carboxylic acids is 1. The summed E-state index contributed by atoms with van der Waals surface area (Å²) in [5.74, 6) is 0.119. The number of rotatable bonds is 2. The van der Waals surface area contributed by atoms with Gasteiger partial charge in [-0.1, -0.05) is 12.1 Å². The van der Waals surface area contributed by atoms with Crippen molar-refractivity contribution in [1.29, 1.82) is 0 Å². The molecular formula is C14H18N2O. The van der Waals surface area contributed by atoms with Gasteiger partial charge < -0.3 is 10.6 Å². The van der Waals surface area contributed by atoms with Crippen molar-refractivity contribution >= 4 is 5.91 Å². The maximum absolute atomic E-state index is 12.2. The van der Waals surface area contributed by atoms with E-state index in [1.807, 2.05) is 12.1 Å². The quantitative estimate of drug-likeness (QED) is 0.810. The second-order valence-corrected chi connectivity index (χ2v) is 4.97. The second kappa shape index (κ2) is 4.49. The lowest BCUT2D eigenvalue weighted by molar-refractivity contribution is 0.0915. The third kappa shape index (κ3) is 2.07. The van der Waals surface area contributed by atoms with Gasteiger partial charge in [-0.3, -0.25) is 4.79 Å². The number of hydrogen-bond acceptors (Lipinski definition) is 2. The Balaban J connectivity index is 1.83. The molecule has 0 aromatic heterocycles. The molecule has 1 amide bonds. The lowest BCUT2D eigenvalue weighted by atomic mass is 9.91.